The Balaban J connectivity index is 1.42. The number of hydrogen-bond donors (Lipinski definition) is 0. The molecule has 0 amide bonds. The van der Waals surface area contributed by atoms with Crippen LogP contribution in [0.3, 0.4) is 0 Å². The van der Waals surface area contributed by atoms with E-state index in [-0.39, 0.29) is 0 Å². The number of nitrogens with zero attached hydrogens (tertiary/aromatic N) is 5. The summed E-state index contributed by atoms with van der Waals surface area (Å²) in [6.45, 7) is 0. The molecule has 0 fully saturated rings. The minimum atomic E-state index is 0.538. The third-order valence-electron chi connectivity index (χ3n) is 9.95. The van der Waals surface area contributed by atoms with Crippen molar-refractivity contribution in [2.45, 2.75) is 0 Å². The Bertz CT molecular complexity index is 3060. The third-order valence-corrected chi connectivity index (χ3v) is 9.95. The molecule has 0 bridgehead atoms. The Morgan fingerprint density at radius 1 is 0.392 bits per heavy atom. The topological polar surface area (TPSA) is 61.7 Å². The highest BCUT2D eigenvalue weighted by Gasteiger charge is 2.28. The molecule has 0 radical (unpaired) electrons. The van der Waals surface area contributed by atoms with Gasteiger partial charge in [-0.05, 0) is 30.3 Å². The van der Waals surface area contributed by atoms with Crippen molar-refractivity contribution in [3.8, 4) is 34.4 Å². The number of fused-ring (bicyclic) bond motifs is 12. The zero-order chi connectivity index (χ0) is 33.5. The van der Waals surface area contributed by atoms with Gasteiger partial charge in [-0.15, -0.1) is 0 Å². The summed E-state index contributed by atoms with van der Waals surface area (Å²) in [5.74, 6) is 1.75. The number of furan rings is 1. The predicted molar refractivity (Wildman–Crippen MR) is 207 cm³/mol. The number of aromatic nitrogens is 5. The van der Waals surface area contributed by atoms with Crippen molar-refractivity contribution in [1.82, 2.24) is 24.1 Å². The van der Waals surface area contributed by atoms with Gasteiger partial charge in [-0.25, -0.2) is 4.98 Å². The van der Waals surface area contributed by atoms with Crippen molar-refractivity contribution in [1.29, 1.82) is 0 Å². The predicted octanol–water partition coefficient (Wildman–Crippen LogP) is 11.3. The average molecular weight is 654 g/mol. The van der Waals surface area contributed by atoms with Gasteiger partial charge in [-0.3, -0.25) is 4.57 Å². The van der Waals surface area contributed by atoms with Gasteiger partial charge in [0.2, 0.25) is 5.95 Å². The second kappa shape index (κ2) is 10.7. The molecule has 0 unspecified atom stereocenters. The molecule has 0 aliphatic heterocycles. The monoisotopic (exact) mass is 653 g/mol. The normalized spacial score (nSPS) is 11.9. The zero-order valence-electron chi connectivity index (χ0n) is 27.2. The van der Waals surface area contributed by atoms with Gasteiger partial charge >= 0.3 is 0 Å². The highest BCUT2D eigenvalue weighted by atomic mass is 16.3. The van der Waals surface area contributed by atoms with Crippen molar-refractivity contribution in [3.63, 3.8) is 0 Å². The van der Waals surface area contributed by atoms with Crippen LogP contribution in [0.1, 0.15) is 0 Å². The fourth-order valence-corrected chi connectivity index (χ4v) is 7.83. The number of hydrogen-bond acceptors (Lipinski definition) is 4. The molecule has 0 spiro atoms. The molecule has 0 aliphatic carbocycles. The van der Waals surface area contributed by atoms with E-state index in [0.29, 0.717) is 17.6 Å². The second-order valence-electron chi connectivity index (χ2n) is 12.8. The largest absolute Gasteiger partial charge is 0.455 e. The SMILES string of the molecule is c1ccc(-c2nc(-c3ccccc3)nc(-n3c4ccccc4c4c5oc6ccccc6c5c5c6ccccc6n(-c6ccccc6)c5c43)n2)cc1. The van der Waals surface area contributed by atoms with Crippen LogP contribution >= 0.6 is 0 Å². The first-order valence-corrected chi connectivity index (χ1v) is 17.1. The van der Waals surface area contributed by atoms with Crippen LogP contribution in [0.2, 0.25) is 0 Å². The molecule has 11 rings (SSSR count). The van der Waals surface area contributed by atoms with E-state index in [4.69, 9.17) is 19.4 Å². The molecule has 0 aliphatic rings. The molecule has 51 heavy (non-hydrogen) atoms. The first kappa shape index (κ1) is 27.9. The van der Waals surface area contributed by atoms with Gasteiger partial charge in [-0.1, -0.05) is 133 Å². The lowest BCUT2D eigenvalue weighted by Gasteiger charge is -2.13. The molecule has 7 aromatic carbocycles. The van der Waals surface area contributed by atoms with Crippen molar-refractivity contribution >= 4 is 65.6 Å². The Labute approximate surface area is 291 Å². The maximum Gasteiger partial charge on any atom is 0.238 e. The summed E-state index contributed by atoms with van der Waals surface area (Å²) in [5.41, 5.74) is 8.75. The van der Waals surface area contributed by atoms with Gasteiger partial charge in [0.15, 0.2) is 11.6 Å². The Morgan fingerprint density at radius 3 is 1.53 bits per heavy atom. The first-order chi connectivity index (χ1) is 25.3. The number of benzene rings is 7. The summed E-state index contributed by atoms with van der Waals surface area (Å²) < 4.78 is 11.5. The van der Waals surface area contributed by atoms with E-state index in [9.17, 15) is 0 Å². The van der Waals surface area contributed by atoms with Gasteiger partial charge in [0.05, 0.1) is 27.5 Å². The maximum atomic E-state index is 6.91. The van der Waals surface area contributed by atoms with Crippen LogP contribution in [0.5, 0.6) is 0 Å². The van der Waals surface area contributed by atoms with E-state index >= 15 is 0 Å². The summed E-state index contributed by atoms with van der Waals surface area (Å²) in [6.07, 6.45) is 0. The molecule has 6 nitrogen and oxygen atoms in total. The van der Waals surface area contributed by atoms with Crippen LogP contribution in [-0.2, 0) is 0 Å². The molecule has 4 heterocycles. The second-order valence-corrected chi connectivity index (χ2v) is 12.8. The maximum absolute atomic E-state index is 6.91. The zero-order valence-corrected chi connectivity index (χ0v) is 27.2. The Hall–Kier alpha value is -7.05. The summed E-state index contributed by atoms with van der Waals surface area (Å²) in [7, 11) is 0. The molecule has 0 saturated carbocycles. The lowest BCUT2D eigenvalue weighted by molar-refractivity contribution is 0.673. The third kappa shape index (κ3) is 4.01. The van der Waals surface area contributed by atoms with E-state index in [0.717, 1.165) is 82.4 Å². The van der Waals surface area contributed by atoms with Crippen LogP contribution in [0, 0.1) is 0 Å². The lowest BCUT2D eigenvalue weighted by atomic mass is 10.0. The van der Waals surface area contributed by atoms with E-state index in [2.05, 4.69) is 106 Å². The highest BCUT2D eigenvalue weighted by molar-refractivity contribution is 6.39. The summed E-state index contributed by atoms with van der Waals surface area (Å²) in [5, 5.41) is 6.56. The molecule has 0 N–H and O–H groups in total. The van der Waals surface area contributed by atoms with Gasteiger partial charge in [0.1, 0.15) is 11.2 Å². The summed E-state index contributed by atoms with van der Waals surface area (Å²) in [6, 6.07) is 56.4. The smallest absolute Gasteiger partial charge is 0.238 e. The minimum absolute atomic E-state index is 0.538. The quantitative estimate of drug-likeness (QED) is 0.190. The summed E-state index contributed by atoms with van der Waals surface area (Å²) in [4.78, 5) is 15.5. The molecule has 0 saturated heterocycles. The first-order valence-electron chi connectivity index (χ1n) is 17.1. The van der Waals surface area contributed by atoms with Crippen molar-refractivity contribution in [2.75, 3.05) is 0 Å². The lowest BCUT2D eigenvalue weighted by Crippen LogP contribution is -2.07. The van der Waals surface area contributed by atoms with E-state index < -0.39 is 0 Å². The van der Waals surface area contributed by atoms with Gasteiger partial charge in [0.25, 0.3) is 0 Å². The van der Waals surface area contributed by atoms with Crippen LogP contribution < -0.4 is 0 Å². The van der Waals surface area contributed by atoms with E-state index in [1.54, 1.807) is 0 Å². The number of rotatable bonds is 4. The van der Waals surface area contributed by atoms with Crippen LogP contribution in [0.25, 0.3) is 100.0 Å². The molecular formula is C45H27N5O. The van der Waals surface area contributed by atoms with Crippen molar-refractivity contribution < 1.29 is 4.42 Å². The number of para-hydroxylation sites is 4. The minimum Gasteiger partial charge on any atom is -0.455 e. The van der Waals surface area contributed by atoms with Crippen molar-refractivity contribution in [3.05, 3.63) is 164 Å². The van der Waals surface area contributed by atoms with Crippen LogP contribution in [0.4, 0.5) is 0 Å². The standard InChI is InChI=1S/C45H27N5O/c1-4-16-28(17-5-1)43-46-44(29-18-6-2-7-19-29)48-45(47-43)50-35-26-14-11-23-32(35)39-41(50)40-37(38-33-24-12-15-27-36(33)51-42(38)39)31-22-10-13-25-34(31)49(40)30-20-8-3-9-21-30/h1-27H. The van der Waals surface area contributed by atoms with Crippen LogP contribution in [0.15, 0.2) is 168 Å². The molecular weight excluding hydrogens is 627 g/mol. The molecule has 11 aromatic rings. The Morgan fingerprint density at radius 2 is 0.882 bits per heavy atom. The summed E-state index contributed by atoms with van der Waals surface area (Å²) >= 11 is 0. The highest BCUT2D eigenvalue weighted by Crippen LogP contribution is 2.49. The van der Waals surface area contributed by atoms with Crippen molar-refractivity contribution in [2.24, 2.45) is 0 Å². The van der Waals surface area contributed by atoms with Crippen LogP contribution in [-0.4, -0.2) is 24.1 Å². The Kier molecular flexibility index (Phi) is 5.86. The molecule has 0 atom stereocenters. The van der Waals surface area contributed by atoms with Gasteiger partial charge < -0.3 is 8.98 Å². The van der Waals surface area contributed by atoms with E-state index in [1.807, 2.05) is 66.7 Å². The molecule has 4 aromatic heterocycles. The fourth-order valence-electron chi connectivity index (χ4n) is 7.83. The average Bonchev–Trinajstić information content (AvgIpc) is 3.87. The molecule has 6 heteroatoms. The van der Waals surface area contributed by atoms with Gasteiger partial charge in [0, 0.05) is 43.7 Å². The molecule has 238 valence electrons. The van der Waals surface area contributed by atoms with E-state index in [1.165, 1.54) is 0 Å². The van der Waals surface area contributed by atoms with Gasteiger partial charge in [-0.2, -0.15) is 9.97 Å². The fraction of sp³-hybridized carbons (Fsp3) is 0.